The highest BCUT2D eigenvalue weighted by atomic mass is 79.9. The van der Waals surface area contributed by atoms with E-state index in [9.17, 15) is 14.9 Å². The van der Waals surface area contributed by atoms with Gasteiger partial charge in [-0.25, -0.2) is 9.78 Å². The molecule has 8 heteroatoms. The Hall–Kier alpha value is -1.96. The van der Waals surface area contributed by atoms with Gasteiger partial charge in [0.05, 0.1) is 10.5 Å². The molecule has 0 amide bonds. The number of aromatic carboxylic acids is 1. The van der Waals surface area contributed by atoms with E-state index in [2.05, 4.69) is 32.8 Å². The Balaban J connectivity index is 3.08. The van der Waals surface area contributed by atoms with Gasteiger partial charge in [0.25, 0.3) is 0 Å². The highest BCUT2D eigenvalue weighted by Gasteiger charge is 2.18. The molecule has 0 aromatic carbocycles. The highest BCUT2D eigenvalue weighted by molar-refractivity contribution is 9.11. The van der Waals surface area contributed by atoms with Crippen molar-refractivity contribution in [3.8, 4) is 0 Å². The lowest BCUT2D eigenvalue weighted by atomic mass is 10.2. The Morgan fingerprint density at radius 3 is 2.82 bits per heavy atom. The van der Waals surface area contributed by atoms with Gasteiger partial charge in [0.1, 0.15) is 0 Å². The van der Waals surface area contributed by atoms with Crippen LogP contribution in [0.15, 0.2) is 23.3 Å². The minimum Gasteiger partial charge on any atom is -0.478 e. The smallest absolute Gasteiger partial charge is 0.337 e. The van der Waals surface area contributed by atoms with Crippen molar-refractivity contribution in [3.05, 3.63) is 39.0 Å². The zero-order valence-corrected chi connectivity index (χ0v) is 10.1. The van der Waals surface area contributed by atoms with E-state index in [1.165, 1.54) is 0 Å². The van der Waals surface area contributed by atoms with E-state index in [1.54, 1.807) is 0 Å². The molecule has 0 saturated carbocycles. The van der Waals surface area contributed by atoms with Crippen molar-refractivity contribution in [1.82, 2.24) is 4.98 Å². The van der Waals surface area contributed by atoms with Gasteiger partial charge in [0, 0.05) is 23.3 Å². The van der Waals surface area contributed by atoms with E-state index in [0.29, 0.717) is 4.48 Å². The van der Waals surface area contributed by atoms with Crippen molar-refractivity contribution in [2.45, 2.75) is 0 Å². The number of rotatable bonds is 5. The first kappa shape index (κ1) is 13.1. The highest BCUT2D eigenvalue weighted by Crippen LogP contribution is 2.23. The fourth-order valence-corrected chi connectivity index (χ4v) is 1.17. The Kier molecular flexibility index (Phi) is 4.16. The number of nitrogens with one attached hydrogen (secondary N) is 1. The molecule has 1 heterocycles. The number of halogens is 1. The van der Waals surface area contributed by atoms with Crippen molar-refractivity contribution in [2.24, 2.45) is 0 Å². The van der Waals surface area contributed by atoms with Crippen LogP contribution in [0.2, 0.25) is 0 Å². The zero-order chi connectivity index (χ0) is 13.0. The second-order valence-electron chi connectivity index (χ2n) is 3.02. The predicted octanol–water partition coefficient (Wildman–Crippen LogP) is 2.01. The van der Waals surface area contributed by atoms with Crippen LogP contribution in [0.1, 0.15) is 10.4 Å². The Labute approximate surface area is 104 Å². The quantitative estimate of drug-likeness (QED) is 0.636. The third-order valence-electron chi connectivity index (χ3n) is 1.76. The number of hydrogen-bond acceptors (Lipinski definition) is 5. The summed E-state index contributed by atoms with van der Waals surface area (Å²) in [5, 5.41) is 22.1. The monoisotopic (exact) mass is 301 g/mol. The van der Waals surface area contributed by atoms with E-state index < -0.39 is 16.6 Å². The lowest BCUT2D eigenvalue weighted by Crippen LogP contribution is -2.08. The first-order chi connectivity index (χ1) is 7.91. The topological polar surface area (TPSA) is 105 Å². The number of carbonyl (C=O) groups is 1. The molecule has 0 fully saturated rings. The van der Waals surface area contributed by atoms with Crippen molar-refractivity contribution in [3.63, 3.8) is 0 Å². The molecule has 17 heavy (non-hydrogen) atoms. The second kappa shape index (κ2) is 5.39. The van der Waals surface area contributed by atoms with Crippen LogP contribution in [0.5, 0.6) is 0 Å². The molecule has 0 saturated heterocycles. The Morgan fingerprint density at radius 1 is 1.71 bits per heavy atom. The summed E-state index contributed by atoms with van der Waals surface area (Å²) in [7, 11) is 0. The summed E-state index contributed by atoms with van der Waals surface area (Å²) in [6, 6.07) is 0.953. The number of pyridine rings is 1. The predicted molar refractivity (Wildman–Crippen MR) is 64.4 cm³/mol. The number of nitrogens with zero attached hydrogens (tertiary/aromatic N) is 2. The normalized spacial score (nSPS) is 9.71. The molecule has 2 N–H and O–H groups in total. The summed E-state index contributed by atoms with van der Waals surface area (Å²) in [5.41, 5.74) is -0.626. The third kappa shape index (κ3) is 3.52. The maximum atomic E-state index is 10.7. The van der Waals surface area contributed by atoms with Crippen LogP contribution in [0.4, 0.5) is 11.5 Å². The molecule has 1 aromatic rings. The largest absolute Gasteiger partial charge is 0.478 e. The van der Waals surface area contributed by atoms with Gasteiger partial charge in [-0.2, -0.15) is 0 Å². The summed E-state index contributed by atoms with van der Waals surface area (Å²) in [6.45, 7) is 3.80. The number of carboxylic acids is 1. The SMILES string of the molecule is C=C(Br)CNc1ncc(C(=O)O)cc1[N+](=O)[O-]. The molecule has 1 aromatic heterocycles. The van der Waals surface area contributed by atoms with Gasteiger partial charge >= 0.3 is 11.7 Å². The molecule has 1 rings (SSSR count). The summed E-state index contributed by atoms with van der Waals surface area (Å²) < 4.78 is 0.593. The molecule has 7 nitrogen and oxygen atoms in total. The van der Waals surface area contributed by atoms with Crippen LogP contribution >= 0.6 is 15.9 Å². The van der Waals surface area contributed by atoms with Gasteiger partial charge in [-0.3, -0.25) is 10.1 Å². The molecule has 0 aliphatic carbocycles. The zero-order valence-electron chi connectivity index (χ0n) is 8.51. The molecule has 0 radical (unpaired) electrons. The van der Waals surface area contributed by atoms with E-state index >= 15 is 0 Å². The van der Waals surface area contributed by atoms with E-state index in [0.717, 1.165) is 12.3 Å². The fraction of sp³-hybridized carbons (Fsp3) is 0.111. The summed E-state index contributed by atoms with van der Waals surface area (Å²) >= 11 is 3.08. The van der Waals surface area contributed by atoms with Crippen LogP contribution in [0.25, 0.3) is 0 Å². The number of anilines is 1. The maximum absolute atomic E-state index is 10.7. The van der Waals surface area contributed by atoms with Crippen LogP contribution in [-0.4, -0.2) is 27.5 Å². The minimum atomic E-state index is -1.27. The van der Waals surface area contributed by atoms with Crippen molar-refractivity contribution in [1.29, 1.82) is 0 Å². The van der Waals surface area contributed by atoms with E-state index in [-0.39, 0.29) is 17.9 Å². The third-order valence-corrected chi connectivity index (χ3v) is 2.04. The standard InChI is InChI=1S/C9H8BrN3O4/c1-5(10)3-11-8-7(13(16)17)2-6(4-12-8)9(14)15/h2,4H,1,3H2,(H,11,12)(H,14,15). The molecule has 0 spiro atoms. The fourth-order valence-electron chi connectivity index (χ4n) is 1.03. The summed E-state index contributed by atoms with van der Waals surface area (Å²) in [4.78, 5) is 24.4. The van der Waals surface area contributed by atoms with Gasteiger partial charge < -0.3 is 10.4 Å². The Bertz CT molecular complexity index is 489. The molecular formula is C9H8BrN3O4. The molecule has 0 atom stereocenters. The van der Waals surface area contributed by atoms with Crippen molar-refractivity contribution < 1.29 is 14.8 Å². The molecule has 0 bridgehead atoms. The van der Waals surface area contributed by atoms with Crippen LogP contribution in [0.3, 0.4) is 0 Å². The molecular weight excluding hydrogens is 294 g/mol. The van der Waals surface area contributed by atoms with E-state index in [1.807, 2.05) is 0 Å². The summed E-state index contributed by atoms with van der Waals surface area (Å²) in [5.74, 6) is -1.27. The van der Waals surface area contributed by atoms with Gasteiger partial charge in [-0.15, -0.1) is 0 Å². The molecule has 0 aliphatic rings. The molecule has 90 valence electrons. The van der Waals surface area contributed by atoms with Gasteiger partial charge in [-0.05, 0) is 0 Å². The minimum absolute atomic E-state index is 0.000556. The number of carboxylic acid groups (broad SMARTS) is 1. The first-order valence-electron chi connectivity index (χ1n) is 4.36. The second-order valence-corrected chi connectivity index (χ2v) is 4.15. The van der Waals surface area contributed by atoms with Crippen molar-refractivity contribution >= 4 is 33.4 Å². The lowest BCUT2D eigenvalue weighted by Gasteiger charge is -2.05. The lowest BCUT2D eigenvalue weighted by molar-refractivity contribution is -0.384. The van der Waals surface area contributed by atoms with Gasteiger partial charge in [0.2, 0.25) is 5.82 Å². The number of hydrogen-bond donors (Lipinski definition) is 2. The first-order valence-corrected chi connectivity index (χ1v) is 5.16. The molecule has 0 unspecified atom stereocenters. The van der Waals surface area contributed by atoms with E-state index in [4.69, 9.17) is 5.11 Å². The van der Waals surface area contributed by atoms with Crippen LogP contribution in [-0.2, 0) is 0 Å². The molecule has 0 aliphatic heterocycles. The van der Waals surface area contributed by atoms with Gasteiger partial charge in [-0.1, -0.05) is 22.5 Å². The van der Waals surface area contributed by atoms with Crippen LogP contribution < -0.4 is 5.32 Å². The number of aromatic nitrogens is 1. The Morgan fingerprint density at radius 2 is 2.35 bits per heavy atom. The summed E-state index contributed by atoms with van der Waals surface area (Å²) in [6.07, 6.45) is 1.05. The average molecular weight is 302 g/mol. The van der Waals surface area contributed by atoms with Gasteiger partial charge in [0.15, 0.2) is 0 Å². The number of nitro groups is 1. The van der Waals surface area contributed by atoms with Crippen LogP contribution in [0, 0.1) is 10.1 Å². The van der Waals surface area contributed by atoms with Crippen molar-refractivity contribution in [2.75, 3.05) is 11.9 Å². The maximum Gasteiger partial charge on any atom is 0.337 e. The average Bonchev–Trinajstić information content (AvgIpc) is 2.25.